The van der Waals surface area contributed by atoms with Crippen molar-refractivity contribution < 1.29 is 4.74 Å². The molecule has 140 valence electrons. The fourth-order valence-electron chi connectivity index (χ4n) is 3.55. The van der Waals surface area contributed by atoms with E-state index in [2.05, 4.69) is 28.9 Å². The molecule has 0 aliphatic carbocycles. The standard InChI is InChI=1S/C22H26N4O/c1-18-20-9-5-6-10-21(20)24-22(23-18)17-26-13-11-25(12-14-26)15-16-27-19-7-3-2-4-8-19/h2-10H,11-17H2,1H3. The third-order valence-electron chi connectivity index (χ3n) is 5.09. The average molecular weight is 362 g/mol. The fourth-order valence-corrected chi connectivity index (χ4v) is 3.55. The summed E-state index contributed by atoms with van der Waals surface area (Å²) in [5.74, 6) is 1.87. The first kappa shape index (κ1) is 17.9. The quantitative estimate of drug-likeness (QED) is 0.674. The zero-order valence-electron chi connectivity index (χ0n) is 15.8. The molecular formula is C22H26N4O. The summed E-state index contributed by atoms with van der Waals surface area (Å²) in [7, 11) is 0. The highest BCUT2D eigenvalue weighted by Gasteiger charge is 2.18. The minimum atomic E-state index is 0.733. The Hall–Kier alpha value is -2.50. The Bertz CT molecular complexity index is 876. The van der Waals surface area contributed by atoms with Crippen LogP contribution >= 0.6 is 0 Å². The molecule has 1 fully saturated rings. The van der Waals surface area contributed by atoms with E-state index in [4.69, 9.17) is 14.7 Å². The third kappa shape index (κ3) is 4.62. The summed E-state index contributed by atoms with van der Waals surface area (Å²) in [6.07, 6.45) is 0. The van der Waals surface area contributed by atoms with E-state index in [0.717, 1.165) is 74.0 Å². The third-order valence-corrected chi connectivity index (χ3v) is 5.09. The minimum absolute atomic E-state index is 0.733. The van der Waals surface area contributed by atoms with Crippen molar-refractivity contribution in [1.82, 2.24) is 19.8 Å². The van der Waals surface area contributed by atoms with Crippen molar-refractivity contribution in [3.63, 3.8) is 0 Å². The Morgan fingerprint density at radius 2 is 1.56 bits per heavy atom. The zero-order valence-corrected chi connectivity index (χ0v) is 15.8. The second-order valence-electron chi connectivity index (χ2n) is 7.02. The first-order valence-electron chi connectivity index (χ1n) is 9.63. The zero-order chi connectivity index (χ0) is 18.5. The van der Waals surface area contributed by atoms with Crippen LogP contribution in [0.3, 0.4) is 0 Å². The van der Waals surface area contributed by atoms with Gasteiger partial charge < -0.3 is 4.74 Å². The van der Waals surface area contributed by atoms with Crippen molar-refractivity contribution in [2.24, 2.45) is 0 Å². The summed E-state index contributed by atoms with van der Waals surface area (Å²) in [4.78, 5) is 14.4. The van der Waals surface area contributed by atoms with E-state index in [1.165, 1.54) is 0 Å². The van der Waals surface area contributed by atoms with Gasteiger partial charge in [-0.15, -0.1) is 0 Å². The number of ether oxygens (including phenoxy) is 1. The number of benzene rings is 2. The normalized spacial score (nSPS) is 15.9. The van der Waals surface area contributed by atoms with Crippen LogP contribution in [0.2, 0.25) is 0 Å². The maximum absolute atomic E-state index is 5.81. The van der Waals surface area contributed by atoms with Gasteiger partial charge in [0.25, 0.3) is 0 Å². The lowest BCUT2D eigenvalue weighted by atomic mass is 10.2. The summed E-state index contributed by atoms with van der Waals surface area (Å²) >= 11 is 0. The predicted octanol–water partition coefficient (Wildman–Crippen LogP) is 3.13. The monoisotopic (exact) mass is 362 g/mol. The lowest BCUT2D eigenvalue weighted by Gasteiger charge is -2.34. The second-order valence-corrected chi connectivity index (χ2v) is 7.02. The van der Waals surface area contributed by atoms with E-state index in [0.29, 0.717) is 0 Å². The van der Waals surface area contributed by atoms with Crippen molar-refractivity contribution in [3.8, 4) is 5.75 Å². The van der Waals surface area contributed by atoms with E-state index in [9.17, 15) is 0 Å². The van der Waals surface area contributed by atoms with Gasteiger partial charge in [0.15, 0.2) is 0 Å². The minimum Gasteiger partial charge on any atom is -0.492 e. The van der Waals surface area contributed by atoms with Gasteiger partial charge in [0.2, 0.25) is 0 Å². The Labute approximate surface area is 160 Å². The Balaban J connectivity index is 1.26. The first-order chi connectivity index (χ1) is 13.3. The van der Waals surface area contributed by atoms with Crippen molar-refractivity contribution in [1.29, 1.82) is 0 Å². The summed E-state index contributed by atoms with van der Waals surface area (Å²) in [5, 5.41) is 1.14. The predicted molar refractivity (Wildman–Crippen MR) is 108 cm³/mol. The van der Waals surface area contributed by atoms with Gasteiger partial charge in [-0.1, -0.05) is 36.4 Å². The second kappa shape index (κ2) is 8.46. The van der Waals surface area contributed by atoms with Gasteiger partial charge in [-0.3, -0.25) is 9.80 Å². The smallest absolute Gasteiger partial charge is 0.143 e. The van der Waals surface area contributed by atoms with Crippen molar-refractivity contribution >= 4 is 10.9 Å². The average Bonchev–Trinajstić information content (AvgIpc) is 2.70. The lowest BCUT2D eigenvalue weighted by Crippen LogP contribution is -2.47. The molecular weight excluding hydrogens is 336 g/mol. The molecule has 5 nitrogen and oxygen atoms in total. The van der Waals surface area contributed by atoms with E-state index in [1.54, 1.807) is 0 Å². The number of rotatable bonds is 6. The molecule has 2 heterocycles. The van der Waals surface area contributed by atoms with E-state index < -0.39 is 0 Å². The number of aryl methyl sites for hydroxylation is 1. The van der Waals surface area contributed by atoms with Crippen LogP contribution in [0, 0.1) is 6.92 Å². The first-order valence-corrected chi connectivity index (χ1v) is 9.63. The highest BCUT2D eigenvalue weighted by molar-refractivity contribution is 5.80. The van der Waals surface area contributed by atoms with Gasteiger partial charge in [-0.25, -0.2) is 9.97 Å². The molecule has 0 unspecified atom stereocenters. The Kier molecular flexibility index (Phi) is 5.61. The molecule has 0 radical (unpaired) electrons. The van der Waals surface area contributed by atoms with Crippen LogP contribution < -0.4 is 4.74 Å². The summed E-state index contributed by atoms with van der Waals surface area (Å²) in [6.45, 7) is 8.79. The Morgan fingerprint density at radius 1 is 0.852 bits per heavy atom. The molecule has 1 saturated heterocycles. The summed E-state index contributed by atoms with van der Waals surface area (Å²) in [5.41, 5.74) is 2.10. The molecule has 3 aromatic rings. The number of para-hydroxylation sites is 2. The van der Waals surface area contributed by atoms with Crippen molar-refractivity contribution in [3.05, 3.63) is 66.1 Å². The highest BCUT2D eigenvalue weighted by atomic mass is 16.5. The summed E-state index contributed by atoms with van der Waals surface area (Å²) < 4.78 is 5.81. The van der Waals surface area contributed by atoms with Gasteiger partial charge in [0.1, 0.15) is 18.2 Å². The van der Waals surface area contributed by atoms with Gasteiger partial charge in [-0.2, -0.15) is 0 Å². The van der Waals surface area contributed by atoms with Crippen LogP contribution in [0.5, 0.6) is 5.75 Å². The number of fused-ring (bicyclic) bond motifs is 1. The van der Waals surface area contributed by atoms with E-state index in [1.807, 2.05) is 42.5 Å². The number of aromatic nitrogens is 2. The van der Waals surface area contributed by atoms with Gasteiger partial charge in [0, 0.05) is 43.8 Å². The highest BCUT2D eigenvalue weighted by Crippen LogP contribution is 2.16. The molecule has 0 N–H and O–H groups in total. The molecule has 5 heteroatoms. The number of hydrogen-bond acceptors (Lipinski definition) is 5. The maximum Gasteiger partial charge on any atom is 0.143 e. The topological polar surface area (TPSA) is 41.5 Å². The number of nitrogens with zero attached hydrogens (tertiary/aromatic N) is 4. The molecule has 0 spiro atoms. The largest absolute Gasteiger partial charge is 0.492 e. The molecule has 0 amide bonds. The Morgan fingerprint density at radius 3 is 2.37 bits per heavy atom. The molecule has 2 aromatic carbocycles. The number of piperazine rings is 1. The van der Waals surface area contributed by atoms with E-state index >= 15 is 0 Å². The van der Waals surface area contributed by atoms with Crippen LogP contribution in [0.25, 0.3) is 10.9 Å². The summed E-state index contributed by atoms with van der Waals surface area (Å²) in [6, 6.07) is 18.3. The van der Waals surface area contributed by atoms with Crippen LogP contribution in [-0.2, 0) is 6.54 Å². The number of hydrogen-bond donors (Lipinski definition) is 0. The van der Waals surface area contributed by atoms with Crippen molar-refractivity contribution in [2.75, 3.05) is 39.3 Å². The van der Waals surface area contributed by atoms with E-state index in [-0.39, 0.29) is 0 Å². The molecule has 0 atom stereocenters. The maximum atomic E-state index is 5.81. The molecule has 1 aliphatic rings. The van der Waals surface area contributed by atoms with Gasteiger partial charge >= 0.3 is 0 Å². The van der Waals surface area contributed by atoms with Crippen LogP contribution in [0.1, 0.15) is 11.5 Å². The van der Waals surface area contributed by atoms with Crippen LogP contribution in [0.4, 0.5) is 0 Å². The molecule has 27 heavy (non-hydrogen) atoms. The van der Waals surface area contributed by atoms with Gasteiger partial charge in [0.05, 0.1) is 12.1 Å². The van der Waals surface area contributed by atoms with Crippen LogP contribution in [0.15, 0.2) is 54.6 Å². The molecule has 0 saturated carbocycles. The molecule has 0 bridgehead atoms. The lowest BCUT2D eigenvalue weighted by molar-refractivity contribution is 0.111. The molecule has 1 aliphatic heterocycles. The molecule has 4 rings (SSSR count). The molecule has 1 aromatic heterocycles. The van der Waals surface area contributed by atoms with Gasteiger partial charge in [-0.05, 0) is 25.1 Å². The van der Waals surface area contributed by atoms with Crippen LogP contribution in [-0.4, -0.2) is 59.1 Å². The SMILES string of the molecule is Cc1nc(CN2CCN(CCOc3ccccc3)CC2)nc2ccccc12. The fraction of sp³-hybridized carbons (Fsp3) is 0.364. The van der Waals surface area contributed by atoms with Crippen molar-refractivity contribution in [2.45, 2.75) is 13.5 Å².